The van der Waals surface area contributed by atoms with Crippen molar-refractivity contribution in [3.05, 3.63) is 48.0 Å². The summed E-state index contributed by atoms with van der Waals surface area (Å²) < 4.78 is 14.5. The smallest absolute Gasteiger partial charge is 0.272 e. The Morgan fingerprint density at radius 2 is 1.96 bits per heavy atom. The van der Waals surface area contributed by atoms with Gasteiger partial charge in [0.2, 0.25) is 0 Å². The Balaban J connectivity index is 0.00000208. The minimum Gasteiger partial charge on any atom is -0.348 e. The molecule has 2 aromatic rings. The number of benzene rings is 1. The van der Waals surface area contributed by atoms with Gasteiger partial charge in [-0.1, -0.05) is 12.8 Å². The maximum absolute atomic E-state index is 13.0. The van der Waals surface area contributed by atoms with E-state index in [1.54, 1.807) is 29.1 Å². The Hall–Kier alpha value is -1.92. The number of nitrogens with zero attached hydrogens (tertiary/aromatic N) is 2. The van der Waals surface area contributed by atoms with Crippen molar-refractivity contribution in [2.24, 2.45) is 11.7 Å². The predicted molar refractivity (Wildman–Crippen MR) is 93.0 cm³/mol. The van der Waals surface area contributed by atoms with Crippen LogP contribution in [-0.2, 0) is 0 Å². The average Bonchev–Trinajstić information content (AvgIpc) is 3.06. The maximum atomic E-state index is 13.0. The summed E-state index contributed by atoms with van der Waals surface area (Å²) in [5.41, 5.74) is 6.87. The number of hydrogen-bond acceptors (Lipinski definition) is 3. The molecule has 1 aliphatic rings. The molecular formula is C17H22ClFN4O. The second kappa shape index (κ2) is 8.26. The molecule has 3 N–H and O–H groups in total. The van der Waals surface area contributed by atoms with Crippen molar-refractivity contribution in [2.75, 3.05) is 6.54 Å². The van der Waals surface area contributed by atoms with Gasteiger partial charge in [0.15, 0.2) is 5.69 Å². The molecule has 2 unspecified atom stereocenters. The summed E-state index contributed by atoms with van der Waals surface area (Å²) in [6.45, 7) is 0.592. The van der Waals surface area contributed by atoms with Gasteiger partial charge in [0.05, 0.1) is 5.69 Å². The lowest BCUT2D eigenvalue weighted by atomic mass is 9.84. The number of rotatable bonds is 4. The van der Waals surface area contributed by atoms with Crippen LogP contribution in [0.5, 0.6) is 0 Å². The summed E-state index contributed by atoms with van der Waals surface area (Å²) in [4.78, 5) is 12.4. The van der Waals surface area contributed by atoms with E-state index in [2.05, 4.69) is 10.4 Å². The molecule has 1 amide bonds. The summed E-state index contributed by atoms with van der Waals surface area (Å²) in [7, 11) is 0. The minimum atomic E-state index is -0.302. The van der Waals surface area contributed by atoms with Gasteiger partial charge in [-0.2, -0.15) is 5.10 Å². The normalized spacial score (nSPS) is 20.2. The zero-order chi connectivity index (χ0) is 16.2. The van der Waals surface area contributed by atoms with Gasteiger partial charge in [0.25, 0.3) is 5.91 Å². The Morgan fingerprint density at radius 1 is 1.25 bits per heavy atom. The van der Waals surface area contributed by atoms with Gasteiger partial charge in [-0.15, -0.1) is 12.4 Å². The van der Waals surface area contributed by atoms with Crippen molar-refractivity contribution in [3.8, 4) is 5.69 Å². The molecule has 0 bridgehead atoms. The predicted octanol–water partition coefficient (Wildman–Crippen LogP) is 2.68. The van der Waals surface area contributed by atoms with E-state index in [4.69, 9.17) is 5.73 Å². The van der Waals surface area contributed by atoms with E-state index in [-0.39, 0.29) is 30.2 Å². The van der Waals surface area contributed by atoms with Gasteiger partial charge in [0.1, 0.15) is 5.82 Å². The van der Waals surface area contributed by atoms with Crippen LogP contribution in [0.25, 0.3) is 5.69 Å². The molecular weight excluding hydrogens is 331 g/mol. The quantitative estimate of drug-likeness (QED) is 0.888. The molecule has 2 atom stereocenters. The van der Waals surface area contributed by atoms with Gasteiger partial charge in [0, 0.05) is 12.2 Å². The Bertz CT molecular complexity index is 673. The van der Waals surface area contributed by atoms with Crippen LogP contribution in [0.1, 0.15) is 36.2 Å². The molecule has 3 rings (SSSR count). The van der Waals surface area contributed by atoms with Crippen LogP contribution >= 0.6 is 12.4 Å². The van der Waals surface area contributed by atoms with E-state index in [1.165, 1.54) is 18.6 Å². The lowest BCUT2D eigenvalue weighted by molar-refractivity contribution is 0.0902. The average molecular weight is 353 g/mol. The second-order valence-electron chi connectivity index (χ2n) is 5.98. The first kappa shape index (κ1) is 18.4. The molecule has 130 valence electrons. The highest BCUT2D eigenvalue weighted by molar-refractivity contribution is 5.92. The topological polar surface area (TPSA) is 72.9 Å². The first-order valence-corrected chi connectivity index (χ1v) is 8.00. The fourth-order valence-corrected chi connectivity index (χ4v) is 3.10. The van der Waals surface area contributed by atoms with Gasteiger partial charge in [-0.05, 0) is 55.6 Å². The van der Waals surface area contributed by atoms with Crippen molar-refractivity contribution < 1.29 is 9.18 Å². The van der Waals surface area contributed by atoms with E-state index in [9.17, 15) is 9.18 Å². The summed E-state index contributed by atoms with van der Waals surface area (Å²) in [5.74, 6) is -0.146. The first-order chi connectivity index (χ1) is 11.2. The zero-order valence-corrected chi connectivity index (χ0v) is 14.1. The van der Waals surface area contributed by atoms with Gasteiger partial charge in [-0.25, -0.2) is 9.07 Å². The number of hydrogen-bond donors (Lipinski definition) is 2. The van der Waals surface area contributed by atoms with E-state index < -0.39 is 0 Å². The molecule has 0 spiro atoms. The van der Waals surface area contributed by atoms with Gasteiger partial charge in [-0.3, -0.25) is 4.79 Å². The van der Waals surface area contributed by atoms with Crippen LogP contribution in [0, 0.1) is 11.7 Å². The van der Waals surface area contributed by atoms with Crippen molar-refractivity contribution in [3.63, 3.8) is 0 Å². The second-order valence-corrected chi connectivity index (χ2v) is 5.98. The number of halogens is 2. The molecule has 0 radical (unpaired) electrons. The van der Waals surface area contributed by atoms with Crippen molar-refractivity contribution >= 4 is 18.3 Å². The van der Waals surface area contributed by atoms with Crippen LogP contribution in [0.3, 0.4) is 0 Å². The molecule has 1 aromatic carbocycles. The number of amides is 1. The van der Waals surface area contributed by atoms with E-state index in [1.807, 2.05) is 0 Å². The molecule has 0 aliphatic heterocycles. The highest BCUT2D eigenvalue weighted by atomic mass is 35.5. The Kier molecular flexibility index (Phi) is 6.34. The van der Waals surface area contributed by atoms with Gasteiger partial charge < -0.3 is 11.1 Å². The molecule has 1 saturated carbocycles. The SMILES string of the molecule is Cl.NCC1CCCCC1NC(=O)c1ccn(-c2ccc(F)cc2)n1. The summed E-state index contributed by atoms with van der Waals surface area (Å²) >= 11 is 0. The van der Waals surface area contributed by atoms with Crippen LogP contribution in [0.15, 0.2) is 36.5 Å². The Labute approximate surface area is 146 Å². The monoisotopic (exact) mass is 352 g/mol. The number of carbonyl (C=O) groups is 1. The van der Waals surface area contributed by atoms with Crippen molar-refractivity contribution in [1.29, 1.82) is 0 Å². The van der Waals surface area contributed by atoms with Crippen LogP contribution in [-0.4, -0.2) is 28.3 Å². The lowest BCUT2D eigenvalue weighted by Crippen LogP contribution is -2.44. The minimum absolute atomic E-state index is 0. The van der Waals surface area contributed by atoms with Crippen molar-refractivity contribution in [2.45, 2.75) is 31.7 Å². The van der Waals surface area contributed by atoms with E-state index >= 15 is 0 Å². The summed E-state index contributed by atoms with van der Waals surface area (Å²) in [5, 5.41) is 7.33. The largest absolute Gasteiger partial charge is 0.348 e. The first-order valence-electron chi connectivity index (χ1n) is 8.00. The third-order valence-electron chi connectivity index (χ3n) is 4.44. The number of carbonyl (C=O) groups excluding carboxylic acids is 1. The molecule has 0 saturated heterocycles. The number of nitrogens with two attached hydrogens (primary N) is 1. The molecule has 1 aliphatic carbocycles. The van der Waals surface area contributed by atoms with Crippen molar-refractivity contribution in [1.82, 2.24) is 15.1 Å². The fourth-order valence-electron chi connectivity index (χ4n) is 3.10. The molecule has 5 nitrogen and oxygen atoms in total. The summed E-state index contributed by atoms with van der Waals surface area (Å²) in [6.07, 6.45) is 6.01. The molecule has 1 heterocycles. The summed E-state index contributed by atoms with van der Waals surface area (Å²) in [6, 6.07) is 7.76. The standard InChI is InChI=1S/C17H21FN4O.ClH/c18-13-5-7-14(8-6-13)22-10-9-16(21-22)17(23)20-15-4-2-1-3-12(15)11-19;/h5-10,12,15H,1-4,11,19H2,(H,20,23);1H. The number of aromatic nitrogens is 2. The molecule has 24 heavy (non-hydrogen) atoms. The number of nitrogens with one attached hydrogen (secondary N) is 1. The molecule has 1 fully saturated rings. The van der Waals surface area contributed by atoms with E-state index in [0.717, 1.165) is 19.3 Å². The Morgan fingerprint density at radius 3 is 2.67 bits per heavy atom. The zero-order valence-electron chi connectivity index (χ0n) is 13.3. The molecule has 7 heteroatoms. The fraction of sp³-hybridized carbons (Fsp3) is 0.412. The lowest BCUT2D eigenvalue weighted by Gasteiger charge is -2.31. The maximum Gasteiger partial charge on any atom is 0.272 e. The highest BCUT2D eigenvalue weighted by Gasteiger charge is 2.26. The third kappa shape index (κ3) is 4.13. The van der Waals surface area contributed by atoms with E-state index in [0.29, 0.717) is 23.8 Å². The van der Waals surface area contributed by atoms with Crippen LogP contribution in [0.4, 0.5) is 4.39 Å². The van der Waals surface area contributed by atoms with Gasteiger partial charge >= 0.3 is 0 Å². The third-order valence-corrected chi connectivity index (χ3v) is 4.44. The highest BCUT2D eigenvalue weighted by Crippen LogP contribution is 2.23. The van der Waals surface area contributed by atoms with Crippen LogP contribution in [0.2, 0.25) is 0 Å². The molecule has 1 aromatic heterocycles. The van der Waals surface area contributed by atoms with Crippen LogP contribution < -0.4 is 11.1 Å².